The molecule has 2 aliphatic heterocycles. The zero-order chi connectivity index (χ0) is 19.7. The maximum Gasteiger partial charge on any atom is 0.405 e. The van der Waals surface area contributed by atoms with E-state index in [1.54, 1.807) is 0 Å². The highest BCUT2D eigenvalue weighted by Crippen LogP contribution is 2.34. The molecule has 2 aliphatic rings. The number of nitrogens with zero attached hydrogens (tertiary/aromatic N) is 4. The van der Waals surface area contributed by atoms with Gasteiger partial charge in [-0.2, -0.15) is 18.3 Å². The van der Waals surface area contributed by atoms with Crippen molar-refractivity contribution in [3.63, 3.8) is 0 Å². The Kier molecular flexibility index (Phi) is 5.45. The normalized spacial score (nSPS) is 23.6. The molecule has 1 atom stereocenters. The van der Waals surface area contributed by atoms with Crippen molar-refractivity contribution in [1.29, 1.82) is 0 Å². The molecule has 0 radical (unpaired) electrons. The third-order valence-corrected chi connectivity index (χ3v) is 4.76. The molecule has 3 heterocycles. The van der Waals surface area contributed by atoms with E-state index in [4.69, 9.17) is 4.84 Å². The Morgan fingerprint density at radius 3 is 2.89 bits per heavy atom. The van der Waals surface area contributed by atoms with Crippen LogP contribution >= 0.6 is 0 Å². The highest BCUT2D eigenvalue weighted by molar-refractivity contribution is 6.39. The second-order valence-corrected chi connectivity index (χ2v) is 7.52. The molecule has 1 saturated heterocycles. The van der Waals surface area contributed by atoms with Crippen LogP contribution in [0.15, 0.2) is 17.5 Å². The van der Waals surface area contributed by atoms with Crippen LogP contribution < -0.4 is 5.32 Å². The first-order chi connectivity index (χ1) is 12.7. The van der Waals surface area contributed by atoms with Gasteiger partial charge in [-0.25, -0.2) is 0 Å². The Hall–Kier alpha value is -2.10. The van der Waals surface area contributed by atoms with Gasteiger partial charge < -0.3 is 10.2 Å². The minimum absolute atomic E-state index is 0.0220. The van der Waals surface area contributed by atoms with Gasteiger partial charge in [0.25, 0.3) is 5.91 Å². The van der Waals surface area contributed by atoms with Gasteiger partial charge in [-0.15, -0.1) is 0 Å². The van der Waals surface area contributed by atoms with Gasteiger partial charge >= 0.3 is 6.18 Å². The summed E-state index contributed by atoms with van der Waals surface area (Å²) in [5.41, 5.74) is 0.466. The van der Waals surface area contributed by atoms with Crippen molar-refractivity contribution in [1.82, 2.24) is 20.0 Å². The Morgan fingerprint density at radius 2 is 2.22 bits per heavy atom. The first-order valence-corrected chi connectivity index (χ1v) is 9.01. The molecule has 0 bridgehead atoms. The number of aromatic nitrogens is 2. The van der Waals surface area contributed by atoms with Gasteiger partial charge in [-0.1, -0.05) is 5.16 Å². The topological polar surface area (TPSA) is 71.8 Å². The van der Waals surface area contributed by atoms with Crippen molar-refractivity contribution in [3.05, 3.63) is 18.0 Å². The van der Waals surface area contributed by atoms with E-state index in [-0.39, 0.29) is 18.2 Å². The van der Waals surface area contributed by atoms with E-state index in [0.29, 0.717) is 19.5 Å². The lowest BCUT2D eigenvalue weighted by Crippen LogP contribution is -2.48. The van der Waals surface area contributed by atoms with Gasteiger partial charge in [-0.05, 0) is 33.2 Å². The van der Waals surface area contributed by atoms with Gasteiger partial charge in [0.1, 0.15) is 12.3 Å². The molecule has 0 unspecified atom stereocenters. The molecule has 1 fully saturated rings. The number of halogens is 3. The van der Waals surface area contributed by atoms with Crippen LogP contribution in [-0.2, 0) is 16.2 Å². The molecule has 1 spiro atoms. The third kappa shape index (κ3) is 5.00. The minimum Gasteiger partial charge on any atom is -0.387 e. The van der Waals surface area contributed by atoms with Gasteiger partial charge in [0.15, 0.2) is 5.60 Å². The summed E-state index contributed by atoms with van der Waals surface area (Å²) in [5, 5.41) is 9.96. The Labute approximate surface area is 155 Å². The van der Waals surface area contributed by atoms with Crippen LogP contribution in [0, 0.1) is 0 Å². The summed E-state index contributed by atoms with van der Waals surface area (Å²) in [6.45, 7) is 4.90. The fraction of sp³-hybridized carbons (Fsp3) is 0.706. The summed E-state index contributed by atoms with van der Waals surface area (Å²) >= 11 is 0. The van der Waals surface area contributed by atoms with Crippen molar-refractivity contribution in [2.75, 3.05) is 19.6 Å². The summed E-state index contributed by atoms with van der Waals surface area (Å²) in [5.74, 6) is -0.820. The second kappa shape index (κ2) is 7.49. The summed E-state index contributed by atoms with van der Waals surface area (Å²) < 4.78 is 38.7. The maximum absolute atomic E-state index is 12.3. The third-order valence-electron chi connectivity index (χ3n) is 4.76. The molecular formula is C17H24F3N5O2. The predicted octanol–water partition coefficient (Wildman–Crippen LogP) is 2.25. The molecule has 27 heavy (non-hydrogen) atoms. The number of carbonyl (C=O) groups is 1. The Balaban J connectivity index is 1.55. The molecule has 0 aliphatic carbocycles. The van der Waals surface area contributed by atoms with Crippen molar-refractivity contribution >= 4 is 11.6 Å². The van der Waals surface area contributed by atoms with Gasteiger partial charge in [0, 0.05) is 37.3 Å². The van der Waals surface area contributed by atoms with Crippen LogP contribution in [-0.4, -0.2) is 57.7 Å². The van der Waals surface area contributed by atoms with E-state index < -0.39 is 24.2 Å². The van der Waals surface area contributed by atoms with Crippen LogP contribution in [0.2, 0.25) is 0 Å². The largest absolute Gasteiger partial charge is 0.405 e. The number of hydrogen-bond acceptors (Lipinski definition) is 5. The Morgan fingerprint density at radius 1 is 1.44 bits per heavy atom. The summed E-state index contributed by atoms with van der Waals surface area (Å²) in [7, 11) is 0. The zero-order valence-electron chi connectivity index (χ0n) is 15.4. The zero-order valence-corrected chi connectivity index (χ0v) is 15.4. The molecule has 150 valence electrons. The number of nitrogens with one attached hydrogen (secondary N) is 1. The van der Waals surface area contributed by atoms with E-state index in [1.165, 1.54) is 0 Å². The van der Waals surface area contributed by atoms with E-state index in [2.05, 4.69) is 29.0 Å². The second-order valence-electron chi connectivity index (χ2n) is 7.52. The molecule has 1 aromatic rings. The van der Waals surface area contributed by atoms with Crippen molar-refractivity contribution in [2.24, 2.45) is 5.16 Å². The number of piperidine rings is 1. The average Bonchev–Trinajstić information content (AvgIpc) is 3.20. The molecule has 1 N–H and O–H groups in total. The highest BCUT2D eigenvalue weighted by Gasteiger charge is 2.44. The van der Waals surface area contributed by atoms with Gasteiger partial charge in [-0.3, -0.25) is 14.4 Å². The van der Waals surface area contributed by atoms with E-state index in [9.17, 15) is 18.0 Å². The molecule has 7 nitrogen and oxygen atoms in total. The summed E-state index contributed by atoms with van der Waals surface area (Å²) in [6, 6.07) is 0.288. The number of likely N-dealkylation sites (tertiary alicyclic amines) is 1. The fourth-order valence-corrected chi connectivity index (χ4v) is 3.47. The molecule has 3 rings (SSSR count). The first kappa shape index (κ1) is 19.7. The molecule has 10 heteroatoms. The number of oxime groups is 1. The number of rotatable bonds is 5. The fourth-order valence-electron chi connectivity index (χ4n) is 3.47. The smallest absolute Gasteiger partial charge is 0.387 e. The lowest BCUT2D eigenvalue weighted by Gasteiger charge is -2.38. The highest BCUT2D eigenvalue weighted by atomic mass is 19.4. The van der Waals surface area contributed by atoms with Gasteiger partial charge in [0.2, 0.25) is 0 Å². The lowest BCUT2D eigenvalue weighted by atomic mass is 9.88. The lowest BCUT2D eigenvalue weighted by molar-refractivity contribution is -0.134. The van der Waals surface area contributed by atoms with E-state index in [1.807, 2.05) is 22.4 Å². The maximum atomic E-state index is 12.3. The van der Waals surface area contributed by atoms with Crippen molar-refractivity contribution in [2.45, 2.75) is 57.5 Å². The van der Waals surface area contributed by atoms with Crippen molar-refractivity contribution in [3.8, 4) is 0 Å². The number of amides is 1. The van der Waals surface area contributed by atoms with E-state index >= 15 is 0 Å². The summed E-state index contributed by atoms with van der Waals surface area (Å²) in [6.07, 6.45) is 1.20. The van der Waals surface area contributed by atoms with Crippen LogP contribution in [0.1, 0.15) is 44.7 Å². The van der Waals surface area contributed by atoms with Crippen LogP contribution in [0.25, 0.3) is 0 Å². The molecule has 0 saturated carbocycles. The van der Waals surface area contributed by atoms with E-state index in [0.717, 1.165) is 18.5 Å². The molecule has 1 aromatic heterocycles. The number of alkyl halides is 3. The minimum atomic E-state index is -4.45. The number of hydrogen-bond donors (Lipinski definition) is 1. The molecule has 1 amide bonds. The molecular weight excluding hydrogens is 363 g/mol. The molecule has 0 aromatic carbocycles. The Bertz CT molecular complexity index is 716. The first-order valence-electron chi connectivity index (χ1n) is 9.01. The number of carbonyl (C=O) groups excluding carboxylic acids is 1. The van der Waals surface area contributed by atoms with Crippen molar-refractivity contribution < 1.29 is 22.8 Å². The summed E-state index contributed by atoms with van der Waals surface area (Å²) in [4.78, 5) is 19.7. The van der Waals surface area contributed by atoms with Crippen LogP contribution in [0.5, 0.6) is 0 Å². The monoisotopic (exact) mass is 387 g/mol. The predicted molar refractivity (Wildman–Crippen MR) is 92.1 cm³/mol. The van der Waals surface area contributed by atoms with Gasteiger partial charge in [0.05, 0.1) is 6.20 Å². The SMILES string of the molecule is CC(C)n1cc(CN2CCC[C@]3(CC(C(=O)NCC(F)(F)F)=NO3)C2)cn1. The quantitative estimate of drug-likeness (QED) is 0.841. The van der Waals surface area contributed by atoms with Crippen LogP contribution in [0.3, 0.4) is 0 Å². The standard InChI is InChI=1S/C17H24F3N5O2/c1-12(2)25-9-13(7-22-25)8-24-5-3-4-16(11-24)6-14(23-27-16)15(26)21-10-17(18,19)20/h7,9,12H,3-6,8,10-11H2,1-2H3,(H,21,26)/t16-/m0/s1. The average molecular weight is 387 g/mol. The van der Waals surface area contributed by atoms with Crippen LogP contribution in [0.4, 0.5) is 13.2 Å².